The van der Waals surface area contributed by atoms with Gasteiger partial charge in [0.05, 0.1) is 25.4 Å². The molecular weight excluding hydrogens is 409 g/mol. The van der Waals surface area contributed by atoms with Crippen molar-refractivity contribution in [1.29, 1.82) is 0 Å². The number of hydrogen-bond donors (Lipinski definition) is 0. The third-order valence-electron chi connectivity index (χ3n) is 5.58. The molecule has 3 heterocycles. The molecule has 7 nitrogen and oxygen atoms in total. The summed E-state index contributed by atoms with van der Waals surface area (Å²) in [5.74, 6) is 1.35. The molecule has 4 rings (SSSR count). The lowest BCUT2D eigenvalue weighted by Gasteiger charge is -2.33. The van der Waals surface area contributed by atoms with Crippen molar-refractivity contribution >= 4 is 5.91 Å². The van der Waals surface area contributed by atoms with Crippen molar-refractivity contribution in [3.8, 4) is 0 Å². The number of aromatic nitrogens is 4. The quantitative estimate of drug-likeness (QED) is 0.592. The van der Waals surface area contributed by atoms with E-state index in [4.69, 9.17) is 4.74 Å². The first-order valence-electron chi connectivity index (χ1n) is 10.9. The molecule has 0 aliphatic carbocycles. The van der Waals surface area contributed by atoms with Gasteiger partial charge in [-0.2, -0.15) is 5.10 Å². The van der Waals surface area contributed by atoms with Crippen LogP contribution in [0.25, 0.3) is 0 Å². The van der Waals surface area contributed by atoms with Crippen molar-refractivity contribution < 1.29 is 13.9 Å². The highest BCUT2D eigenvalue weighted by Crippen LogP contribution is 2.24. The van der Waals surface area contributed by atoms with E-state index >= 15 is 0 Å². The molecule has 3 aromatic rings. The average molecular weight is 438 g/mol. The molecule has 1 atom stereocenters. The molecule has 1 fully saturated rings. The Labute approximate surface area is 187 Å². The Balaban J connectivity index is 1.42. The second-order valence-corrected chi connectivity index (χ2v) is 8.23. The van der Waals surface area contributed by atoms with Crippen LogP contribution in [-0.4, -0.2) is 50.3 Å². The van der Waals surface area contributed by atoms with Gasteiger partial charge in [0.2, 0.25) is 5.91 Å². The van der Waals surface area contributed by atoms with E-state index in [-0.39, 0.29) is 17.8 Å². The summed E-state index contributed by atoms with van der Waals surface area (Å²) in [4.78, 5) is 23.6. The fraction of sp³-hybridized carbons (Fsp3) is 0.417. The number of pyridine rings is 1. The summed E-state index contributed by atoms with van der Waals surface area (Å²) >= 11 is 0. The summed E-state index contributed by atoms with van der Waals surface area (Å²) in [6.45, 7) is 7.67. The zero-order chi connectivity index (χ0) is 22.7. The minimum absolute atomic E-state index is 0.0680. The zero-order valence-electron chi connectivity index (χ0n) is 18.7. The summed E-state index contributed by atoms with van der Waals surface area (Å²) < 4.78 is 21.3. The first kappa shape index (κ1) is 22.1. The van der Waals surface area contributed by atoms with Crippen molar-refractivity contribution in [1.82, 2.24) is 24.6 Å². The minimum atomic E-state index is -0.283. The summed E-state index contributed by atoms with van der Waals surface area (Å²) in [6, 6.07) is 10.6. The Hall–Kier alpha value is -3.13. The smallest absolute Gasteiger partial charge is 0.224 e. The van der Waals surface area contributed by atoms with Crippen LogP contribution in [0.2, 0.25) is 0 Å². The predicted molar refractivity (Wildman–Crippen MR) is 118 cm³/mol. The van der Waals surface area contributed by atoms with E-state index in [1.165, 1.54) is 6.07 Å². The van der Waals surface area contributed by atoms with Crippen LogP contribution in [-0.2, 0) is 22.5 Å². The third-order valence-corrected chi connectivity index (χ3v) is 5.58. The number of aryl methyl sites for hydroxylation is 4. The molecule has 1 saturated heterocycles. The van der Waals surface area contributed by atoms with Gasteiger partial charge in [0, 0.05) is 18.7 Å². The maximum Gasteiger partial charge on any atom is 0.224 e. The number of carbonyl (C=O) groups is 1. The fourth-order valence-corrected chi connectivity index (χ4v) is 4.11. The number of halogens is 1. The SMILES string of the molecule is Cc1cc(Cc2cccc(F)c2)cc(C2CN(C(=O)CCn3nc(C)nc3C)CCO2)n1. The van der Waals surface area contributed by atoms with Gasteiger partial charge in [-0.1, -0.05) is 12.1 Å². The monoisotopic (exact) mass is 437 g/mol. The maximum absolute atomic E-state index is 13.6. The number of carbonyl (C=O) groups excluding carboxylic acids is 1. The molecule has 1 aromatic carbocycles. The molecule has 1 amide bonds. The van der Waals surface area contributed by atoms with Gasteiger partial charge in [0.15, 0.2) is 0 Å². The van der Waals surface area contributed by atoms with Gasteiger partial charge in [0.1, 0.15) is 23.6 Å². The Kier molecular flexibility index (Phi) is 6.60. The maximum atomic E-state index is 13.6. The first-order valence-corrected chi connectivity index (χ1v) is 10.9. The van der Waals surface area contributed by atoms with Gasteiger partial charge in [-0.15, -0.1) is 0 Å². The van der Waals surface area contributed by atoms with E-state index in [9.17, 15) is 9.18 Å². The molecule has 0 bridgehead atoms. The van der Waals surface area contributed by atoms with Crippen LogP contribution in [0.5, 0.6) is 0 Å². The van der Waals surface area contributed by atoms with Crippen LogP contribution in [0.15, 0.2) is 36.4 Å². The van der Waals surface area contributed by atoms with Gasteiger partial charge in [-0.05, 0) is 62.6 Å². The molecule has 32 heavy (non-hydrogen) atoms. The van der Waals surface area contributed by atoms with E-state index < -0.39 is 0 Å². The van der Waals surface area contributed by atoms with E-state index in [0.717, 1.165) is 28.3 Å². The lowest BCUT2D eigenvalue weighted by molar-refractivity contribution is -0.139. The minimum Gasteiger partial charge on any atom is -0.368 e. The molecule has 0 saturated carbocycles. The van der Waals surface area contributed by atoms with Crippen molar-refractivity contribution in [2.75, 3.05) is 19.7 Å². The average Bonchev–Trinajstić information content (AvgIpc) is 3.08. The number of morpholine rings is 1. The molecule has 0 radical (unpaired) electrons. The topological polar surface area (TPSA) is 73.1 Å². The van der Waals surface area contributed by atoms with E-state index in [1.54, 1.807) is 16.8 Å². The highest BCUT2D eigenvalue weighted by Gasteiger charge is 2.26. The Morgan fingerprint density at radius 2 is 2.00 bits per heavy atom. The van der Waals surface area contributed by atoms with Gasteiger partial charge < -0.3 is 9.64 Å². The largest absolute Gasteiger partial charge is 0.368 e. The number of hydrogen-bond acceptors (Lipinski definition) is 5. The number of rotatable bonds is 6. The van der Waals surface area contributed by atoms with Crippen LogP contribution in [0.1, 0.15) is 46.7 Å². The normalized spacial score (nSPS) is 16.4. The van der Waals surface area contributed by atoms with Gasteiger partial charge >= 0.3 is 0 Å². The molecule has 0 N–H and O–H groups in total. The summed E-state index contributed by atoms with van der Waals surface area (Å²) in [5.41, 5.74) is 3.62. The van der Waals surface area contributed by atoms with Crippen molar-refractivity contribution in [3.63, 3.8) is 0 Å². The zero-order valence-corrected chi connectivity index (χ0v) is 18.7. The molecule has 1 aliphatic heterocycles. The lowest BCUT2D eigenvalue weighted by Crippen LogP contribution is -2.42. The van der Waals surface area contributed by atoms with Gasteiger partial charge in [-0.3, -0.25) is 9.78 Å². The van der Waals surface area contributed by atoms with Crippen molar-refractivity contribution in [2.45, 2.75) is 46.3 Å². The molecule has 8 heteroatoms. The molecule has 2 aromatic heterocycles. The fourth-order valence-electron chi connectivity index (χ4n) is 4.11. The van der Waals surface area contributed by atoms with Crippen molar-refractivity contribution in [2.24, 2.45) is 0 Å². The Morgan fingerprint density at radius 3 is 2.75 bits per heavy atom. The van der Waals surface area contributed by atoms with Gasteiger partial charge in [0.25, 0.3) is 0 Å². The Morgan fingerprint density at radius 1 is 1.16 bits per heavy atom. The van der Waals surface area contributed by atoms with E-state index in [1.807, 2.05) is 43.9 Å². The number of nitrogens with zero attached hydrogens (tertiary/aromatic N) is 5. The second kappa shape index (κ2) is 9.56. The molecule has 168 valence electrons. The van der Waals surface area contributed by atoms with Crippen LogP contribution in [0.3, 0.4) is 0 Å². The van der Waals surface area contributed by atoms with Gasteiger partial charge in [-0.25, -0.2) is 14.1 Å². The Bertz CT molecular complexity index is 1110. The molecular formula is C24H28FN5O2. The molecule has 1 unspecified atom stereocenters. The summed E-state index contributed by atoms with van der Waals surface area (Å²) in [6.07, 6.45) is 0.692. The highest BCUT2D eigenvalue weighted by molar-refractivity contribution is 5.76. The molecule has 1 aliphatic rings. The third kappa shape index (κ3) is 5.37. The standard InChI is InChI=1S/C24H28FN5O2/c1-16-11-20(12-19-5-4-6-21(25)13-19)14-22(26-16)23-15-29(9-10-32-23)24(31)7-8-30-18(3)27-17(2)28-30/h4-6,11,13-14,23H,7-10,12,15H2,1-3H3. The summed E-state index contributed by atoms with van der Waals surface area (Å²) in [5, 5.41) is 4.33. The lowest BCUT2D eigenvalue weighted by atomic mass is 10.0. The predicted octanol–water partition coefficient (Wildman–Crippen LogP) is 3.32. The van der Waals surface area contributed by atoms with Crippen LogP contribution in [0, 0.1) is 26.6 Å². The van der Waals surface area contributed by atoms with Crippen LogP contribution >= 0.6 is 0 Å². The number of benzene rings is 1. The second-order valence-electron chi connectivity index (χ2n) is 8.23. The van der Waals surface area contributed by atoms with Crippen LogP contribution in [0.4, 0.5) is 4.39 Å². The number of amides is 1. The van der Waals surface area contributed by atoms with E-state index in [2.05, 4.69) is 15.1 Å². The van der Waals surface area contributed by atoms with E-state index in [0.29, 0.717) is 44.9 Å². The highest BCUT2D eigenvalue weighted by atomic mass is 19.1. The first-order chi connectivity index (χ1) is 15.4. The van der Waals surface area contributed by atoms with Crippen LogP contribution < -0.4 is 0 Å². The number of ether oxygens (including phenoxy) is 1. The van der Waals surface area contributed by atoms with Crippen molar-refractivity contribution in [3.05, 3.63) is 76.4 Å². The molecule has 0 spiro atoms. The summed E-state index contributed by atoms with van der Waals surface area (Å²) in [7, 11) is 0.